The number of carboxylic acid groups (broad SMARTS) is 1. The highest BCUT2D eigenvalue weighted by atomic mass is 35.5. The predicted octanol–water partition coefficient (Wildman–Crippen LogP) is 4.23. The van der Waals surface area contributed by atoms with E-state index in [4.69, 9.17) is 21.1 Å². The van der Waals surface area contributed by atoms with Crippen LogP contribution in [0.4, 0.5) is 5.69 Å². The van der Waals surface area contributed by atoms with E-state index in [-0.39, 0.29) is 33.3 Å². The van der Waals surface area contributed by atoms with Crippen LogP contribution in [0, 0.1) is 13.8 Å². The lowest BCUT2D eigenvalue weighted by Gasteiger charge is -2.68. The molecular weight excluding hydrogens is 496 g/mol. The number of fused-ring (bicyclic) bond motifs is 1. The van der Waals surface area contributed by atoms with Gasteiger partial charge in [-0.15, -0.1) is 0 Å². The third-order valence-electron chi connectivity index (χ3n) is 7.74. The number of nitrogens with zero attached hydrogens (tertiary/aromatic N) is 5. The molecule has 11 heteroatoms. The summed E-state index contributed by atoms with van der Waals surface area (Å²) in [6.45, 7) is 5.63. The van der Waals surface area contributed by atoms with Gasteiger partial charge in [0.2, 0.25) is 5.89 Å². The normalized spacial score (nSPS) is 22.8. The molecule has 10 nitrogen and oxygen atoms in total. The van der Waals surface area contributed by atoms with Gasteiger partial charge in [0.25, 0.3) is 5.56 Å². The van der Waals surface area contributed by atoms with Gasteiger partial charge in [-0.2, -0.15) is 4.98 Å². The molecular formula is C26H25ClN6O4. The third-order valence-corrected chi connectivity index (χ3v) is 7.95. The van der Waals surface area contributed by atoms with Crippen LogP contribution < -0.4 is 10.9 Å². The quantitative estimate of drug-likeness (QED) is 0.358. The molecule has 3 heterocycles. The minimum atomic E-state index is -1.19. The van der Waals surface area contributed by atoms with E-state index in [1.165, 1.54) is 6.07 Å². The first-order valence-corrected chi connectivity index (χ1v) is 12.4. The van der Waals surface area contributed by atoms with Crippen LogP contribution in [0.3, 0.4) is 0 Å². The number of carboxylic acids is 1. The van der Waals surface area contributed by atoms with Gasteiger partial charge in [-0.3, -0.25) is 9.36 Å². The summed E-state index contributed by atoms with van der Waals surface area (Å²) in [5.74, 6) is 0.848. The number of aromatic carboxylic acids is 1. The van der Waals surface area contributed by atoms with Crippen molar-refractivity contribution in [3.63, 3.8) is 0 Å². The lowest BCUT2D eigenvalue weighted by Crippen LogP contribution is -2.68. The van der Waals surface area contributed by atoms with Crippen molar-refractivity contribution in [2.24, 2.45) is 7.05 Å². The first-order chi connectivity index (χ1) is 17.5. The van der Waals surface area contributed by atoms with Crippen LogP contribution in [0.25, 0.3) is 10.9 Å². The Kier molecular flexibility index (Phi) is 5.01. The molecule has 3 saturated carbocycles. The van der Waals surface area contributed by atoms with Crippen molar-refractivity contribution in [1.82, 2.24) is 24.7 Å². The topological polar surface area (TPSA) is 136 Å². The van der Waals surface area contributed by atoms with Crippen molar-refractivity contribution >= 4 is 34.2 Å². The number of aromatic nitrogens is 5. The molecule has 3 aliphatic rings. The van der Waals surface area contributed by atoms with E-state index in [1.54, 1.807) is 24.6 Å². The molecule has 1 atom stereocenters. The Morgan fingerprint density at radius 3 is 2.54 bits per heavy atom. The molecule has 0 unspecified atom stereocenters. The Bertz CT molecular complexity index is 1660. The van der Waals surface area contributed by atoms with Gasteiger partial charge in [-0.25, -0.2) is 14.8 Å². The number of hydrogen-bond acceptors (Lipinski definition) is 8. The lowest BCUT2D eigenvalue weighted by molar-refractivity contribution is -0.0966. The molecule has 3 aliphatic carbocycles. The van der Waals surface area contributed by atoms with Crippen molar-refractivity contribution in [1.29, 1.82) is 0 Å². The number of anilines is 1. The van der Waals surface area contributed by atoms with Crippen molar-refractivity contribution in [2.75, 3.05) is 5.32 Å². The molecule has 0 radical (unpaired) electrons. The molecule has 1 aromatic carbocycles. The van der Waals surface area contributed by atoms with Crippen LogP contribution in [-0.4, -0.2) is 35.8 Å². The SMILES string of the molecule is Cc1cc([C@@H](C)Nc2ccc(Cl)nc2C(=O)O)c2nc(C34CC(c5nc(C)no5)(C3)C4)n(C)c(=O)c2c1. The number of pyridine rings is 1. The van der Waals surface area contributed by atoms with Gasteiger partial charge in [0.15, 0.2) is 11.5 Å². The van der Waals surface area contributed by atoms with Crippen LogP contribution in [-0.2, 0) is 17.9 Å². The third kappa shape index (κ3) is 3.46. The fourth-order valence-corrected chi connectivity index (χ4v) is 6.29. The summed E-state index contributed by atoms with van der Waals surface area (Å²) >= 11 is 5.92. The minimum Gasteiger partial charge on any atom is -0.476 e. The zero-order valence-corrected chi connectivity index (χ0v) is 21.5. The maximum Gasteiger partial charge on any atom is 0.356 e. The maximum absolute atomic E-state index is 13.5. The van der Waals surface area contributed by atoms with Gasteiger partial charge in [0.1, 0.15) is 11.0 Å². The Morgan fingerprint density at radius 1 is 1.16 bits per heavy atom. The Morgan fingerprint density at radius 2 is 1.89 bits per heavy atom. The van der Waals surface area contributed by atoms with Gasteiger partial charge < -0.3 is 14.9 Å². The zero-order chi connectivity index (χ0) is 26.3. The number of halogens is 1. The van der Waals surface area contributed by atoms with E-state index in [2.05, 4.69) is 20.4 Å². The molecule has 3 fully saturated rings. The summed E-state index contributed by atoms with van der Waals surface area (Å²) < 4.78 is 7.12. The van der Waals surface area contributed by atoms with Crippen LogP contribution >= 0.6 is 11.6 Å². The smallest absolute Gasteiger partial charge is 0.356 e. The fraction of sp³-hybridized carbons (Fsp3) is 0.385. The summed E-state index contributed by atoms with van der Waals surface area (Å²) in [5, 5.41) is 17.4. The van der Waals surface area contributed by atoms with E-state index in [0.717, 1.165) is 36.2 Å². The Hall–Kier alpha value is -3.79. The molecule has 0 amide bonds. The van der Waals surface area contributed by atoms with E-state index in [9.17, 15) is 14.7 Å². The first kappa shape index (κ1) is 23.6. The van der Waals surface area contributed by atoms with E-state index in [1.807, 2.05) is 26.0 Å². The average Bonchev–Trinajstić information content (AvgIpc) is 3.22. The monoisotopic (exact) mass is 520 g/mol. The highest BCUT2D eigenvalue weighted by Crippen LogP contribution is 2.73. The van der Waals surface area contributed by atoms with E-state index < -0.39 is 5.97 Å². The number of nitrogens with one attached hydrogen (secondary N) is 1. The van der Waals surface area contributed by atoms with E-state index >= 15 is 0 Å². The molecule has 37 heavy (non-hydrogen) atoms. The molecule has 3 aromatic heterocycles. The maximum atomic E-state index is 13.5. The molecule has 7 rings (SSSR count). The van der Waals surface area contributed by atoms with Crippen molar-refractivity contribution in [2.45, 2.75) is 56.9 Å². The Balaban J connectivity index is 1.40. The van der Waals surface area contributed by atoms with Crippen molar-refractivity contribution in [3.8, 4) is 0 Å². The molecule has 0 spiro atoms. The number of benzene rings is 1. The van der Waals surface area contributed by atoms with Gasteiger partial charge in [-0.05, 0) is 63.8 Å². The molecule has 2 bridgehead atoms. The molecule has 190 valence electrons. The number of rotatable bonds is 6. The standard InChI is InChI=1S/C26H25ClN6O4/c1-12-7-15(13(2)28-17-5-6-18(27)30-20(17)22(35)36)19-16(8-12)21(34)33(4)23(31-19)25-9-26(10-25,11-25)24-29-14(3)32-37-24/h5-8,13,28H,9-11H2,1-4H3,(H,35,36)/t13-,25?,26?/m1/s1. The highest BCUT2D eigenvalue weighted by molar-refractivity contribution is 6.29. The predicted molar refractivity (Wildman–Crippen MR) is 136 cm³/mol. The second-order valence-corrected chi connectivity index (χ2v) is 10.9. The Labute approximate surface area is 216 Å². The van der Waals surface area contributed by atoms with Crippen molar-refractivity contribution < 1.29 is 14.4 Å². The summed E-state index contributed by atoms with van der Waals surface area (Å²) in [5.41, 5.74) is 2.03. The molecule has 4 aromatic rings. The molecule has 2 N–H and O–H groups in total. The second kappa shape index (κ2) is 7.85. The van der Waals surface area contributed by atoms with Crippen LogP contribution in [0.5, 0.6) is 0 Å². The minimum absolute atomic E-state index is 0.0958. The highest BCUT2D eigenvalue weighted by Gasteiger charge is 2.73. The van der Waals surface area contributed by atoms with Gasteiger partial charge >= 0.3 is 5.97 Å². The lowest BCUT2D eigenvalue weighted by atomic mass is 9.34. The van der Waals surface area contributed by atoms with Gasteiger partial charge in [-0.1, -0.05) is 22.8 Å². The summed E-state index contributed by atoms with van der Waals surface area (Å²) in [4.78, 5) is 38.7. The van der Waals surface area contributed by atoms with Gasteiger partial charge in [0.05, 0.1) is 28.0 Å². The van der Waals surface area contributed by atoms with Gasteiger partial charge in [0, 0.05) is 18.0 Å². The fourth-order valence-electron chi connectivity index (χ4n) is 6.15. The first-order valence-electron chi connectivity index (χ1n) is 12.0. The summed E-state index contributed by atoms with van der Waals surface area (Å²) in [7, 11) is 1.77. The average molecular weight is 521 g/mol. The number of carbonyl (C=O) groups is 1. The zero-order valence-electron chi connectivity index (χ0n) is 20.8. The second-order valence-electron chi connectivity index (χ2n) is 10.5. The molecule has 0 saturated heterocycles. The summed E-state index contributed by atoms with van der Waals surface area (Å²) in [6.07, 6.45) is 2.42. The number of aryl methyl sites for hydroxylation is 2. The molecule has 0 aliphatic heterocycles. The van der Waals surface area contributed by atoms with E-state index in [0.29, 0.717) is 28.3 Å². The van der Waals surface area contributed by atoms with Crippen molar-refractivity contribution in [3.05, 3.63) is 74.1 Å². The van der Waals surface area contributed by atoms with Crippen LogP contribution in [0.15, 0.2) is 33.6 Å². The number of hydrogen-bond donors (Lipinski definition) is 2. The van der Waals surface area contributed by atoms with Crippen LogP contribution in [0.1, 0.15) is 71.4 Å². The summed E-state index contributed by atoms with van der Waals surface area (Å²) in [6, 6.07) is 6.59. The largest absolute Gasteiger partial charge is 0.476 e. The van der Waals surface area contributed by atoms with Crippen LogP contribution in [0.2, 0.25) is 5.15 Å².